The van der Waals surface area contributed by atoms with Gasteiger partial charge in [-0.05, 0) is 99.7 Å². The zero-order valence-electron chi connectivity index (χ0n) is 30.0. The topological polar surface area (TPSA) is 123 Å². The number of fused-ring (bicyclic) bond motifs is 1. The number of carbonyl (C=O) groups excluding carboxylic acids is 3. The first kappa shape index (κ1) is 38.4. The van der Waals surface area contributed by atoms with E-state index in [9.17, 15) is 27.2 Å². The highest BCUT2D eigenvalue weighted by Crippen LogP contribution is 2.57. The number of halogens is 2. The Morgan fingerprint density at radius 1 is 1.15 bits per heavy atom. The van der Waals surface area contributed by atoms with Gasteiger partial charge in [-0.3, -0.25) is 19.1 Å². The highest BCUT2D eigenvalue weighted by atomic mass is 35.5. The van der Waals surface area contributed by atoms with E-state index >= 15 is 0 Å². The average Bonchev–Trinajstić information content (AvgIpc) is 3.89. The van der Waals surface area contributed by atoms with Crippen LogP contribution in [0.15, 0.2) is 48.6 Å². The molecule has 6 rings (SSSR count). The number of rotatable bonds is 17. The zero-order valence-corrected chi connectivity index (χ0v) is 32.3. The second kappa shape index (κ2) is 15.6. The molecule has 3 aliphatic rings. The SMILES string of the molecule is CCCCCC/C=C\[C@@H]1C[C@]1(CC(=O)[C@@H]1C[C@@H](Oc2nc3ccc(Cl)cc3s2)CN1C(=O)CCc1cc(C)cc(F)c1)C(=O)NS(=O)(=O)C1(C)CC1. The number of nitrogens with zero attached hydrogens (tertiary/aromatic N) is 2. The number of hydrogen-bond donors (Lipinski definition) is 1. The first-order valence-corrected chi connectivity index (χ1v) is 20.9. The lowest BCUT2D eigenvalue weighted by molar-refractivity contribution is -0.139. The lowest BCUT2D eigenvalue weighted by Gasteiger charge is -2.25. The van der Waals surface area contributed by atoms with E-state index in [0.29, 0.717) is 35.0 Å². The normalized spacial score (nSPS) is 23.6. The molecule has 2 aromatic carbocycles. The number of ether oxygens (including phenoxy) is 1. The van der Waals surface area contributed by atoms with Gasteiger partial charge in [0, 0.05) is 24.3 Å². The molecule has 13 heteroatoms. The quantitative estimate of drug-likeness (QED) is 0.110. The van der Waals surface area contributed by atoms with Gasteiger partial charge in [0.2, 0.25) is 21.8 Å². The van der Waals surface area contributed by atoms with Gasteiger partial charge in [0.05, 0.1) is 33.0 Å². The third kappa shape index (κ3) is 8.71. The van der Waals surface area contributed by atoms with E-state index in [-0.39, 0.29) is 55.7 Å². The number of thiazole rings is 1. The molecule has 1 aromatic heterocycles. The molecule has 0 spiro atoms. The monoisotopic (exact) mass is 771 g/mol. The minimum absolute atomic E-state index is 0.0465. The first-order chi connectivity index (χ1) is 24.7. The predicted molar refractivity (Wildman–Crippen MR) is 201 cm³/mol. The van der Waals surface area contributed by atoms with Crippen LogP contribution in [0.3, 0.4) is 0 Å². The molecular formula is C39H47ClFN3O6S2. The van der Waals surface area contributed by atoms with Crippen molar-refractivity contribution in [3.63, 3.8) is 0 Å². The van der Waals surface area contributed by atoms with Crippen molar-refractivity contribution in [2.75, 3.05) is 6.54 Å². The maximum atomic E-state index is 14.3. The fourth-order valence-electron chi connectivity index (χ4n) is 7.19. The van der Waals surface area contributed by atoms with Gasteiger partial charge in [-0.15, -0.1) is 0 Å². The van der Waals surface area contributed by atoms with Crippen molar-refractivity contribution < 1.29 is 31.9 Å². The van der Waals surface area contributed by atoms with Gasteiger partial charge in [0.1, 0.15) is 11.9 Å². The summed E-state index contributed by atoms with van der Waals surface area (Å²) >= 11 is 7.49. The van der Waals surface area contributed by atoms with E-state index in [0.717, 1.165) is 47.9 Å². The minimum Gasteiger partial charge on any atom is -0.465 e. The average molecular weight is 772 g/mol. The van der Waals surface area contributed by atoms with Gasteiger partial charge in [-0.1, -0.05) is 67.3 Å². The highest BCUT2D eigenvalue weighted by molar-refractivity contribution is 7.91. The summed E-state index contributed by atoms with van der Waals surface area (Å²) in [6.07, 6.45) is 10.3. The van der Waals surface area contributed by atoms with E-state index < -0.39 is 38.2 Å². The Morgan fingerprint density at radius 2 is 1.94 bits per heavy atom. The van der Waals surface area contributed by atoms with Crippen molar-refractivity contribution in [3.8, 4) is 5.19 Å². The van der Waals surface area contributed by atoms with Crippen LogP contribution in [-0.4, -0.2) is 59.3 Å². The number of sulfonamides is 1. The molecule has 1 aliphatic heterocycles. The number of Topliss-reactive ketones (excluding diaryl/α,β-unsaturated/α-hetero) is 1. The van der Waals surface area contributed by atoms with E-state index in [2.05, 4.69) is 16.6 Å². The molecule has 9 nitrogen and oxygen atoms in total. The molecule has 2 aliphatic carbocycles. The molecule has 2 saturated carbocycles. The van der Waals surface area contributed by atoms with Crippen LogP contribution in [0.25, 0.3) is 10.2 Å². The van der Waals surface area contributed by atoms with Crippen molar-refractivity contribution >= 4 is 60.8 Å². The molecule has 0 radical (unpaired) electrons. The number of allylic oxidation sites excluding steroid dienone is 2. The number of hydrogen-bond acceptors (Lipinski definition) is 8. The Labute approximate surface area is 314 Å². The van der Waals surface area contributed by atoms with Crippen molar-refractivity contribution in [3.05, 3.63) is 70.5 Å². The van der Waals surface area contributed by atoms with E-state index in [1.807, 2.05) is 18.2 Å². The summed E-state index contributed by atoms with van der Waals surface area (Å²) in [5.74, 6) is -1.94. The van der Waals surface area contributed by atoms with E-state index in [1.54, 1.807) is 32.0 Å². The number of amides is 2. The molecule has 0 bridgehead atoms. The summed E-state index contributed by atoms with van der Waals surface area (Å²) < 4.78 is 48.9. The molecule has 3 aromatic rings. The summed E-state index contributed by atoms with van der Waals surface area (Å²) in [6.45, 7) is 5.68. The molecule has 4 atom stereocenters. The van der Waals surface area contributed by atoms with Gasteiger partial charge in [0.15, 0.2) is 5.78 Å². The van der Waals surface area contributed by atoms with Gasteiger partial charge in [0.25, 0.3) is 5.19 Å². The van der Waals surface area contributed by atoms with Gasteiger partial charge in [-0.2, -0.15) is 0 Å². The van der Waals surface area contributed by atoms with Crippen LogP contribution in [0.2, 0.25) is 5.02 Å². The molecule has 280 valence electrons. The molecule has 52 heavy (non-hydrogen) atoms. The number of carbonyl (C=O) groups is 3. The standard InChI is InChI=1S/C39H47ClFN3O6S2/c1-4-5-6-7-8-9-10-27-22-39(27,36(47)43-52(48,49)38(3)15-16-38)23-33(45)32-21-30(50-37-42-31-13-12-28(40)20-34(31)51-37)24-44(32)35(46)14-11-26-17-25(2)18-29(41)19-26/h9-10,12-13,17-20,27,30,32H,4-8,11,14-16,21-24H2,1-3H3,(H,43,47)/b10-9-/t27-,30-,32+,39-/m1/s1. The number of unbranched alkanes of at least 4 members (excludes halogenated alkanes) is 4. The van der Waals surface area contributed by atoms with Crippen LogP contribution in [0.1, 0.15) is 95.6 Å². The Balaban J connectivity index is 1.21. The van der Waals surface area contributed by atoms with Crippen molar-refractivity contribution in [1.82, 2.24) is 14.6 Å². The molecule has 0 unspecified atom stereocenters. The maximum absolute atomic E-state index is 14.3. The molecule has 1 N–H and O–H groups in total. The Morgan fingerprint density at radius 3 is 2.67 bits per heavy atom. The summed E-state index contributed by atoms with van der Waals surface area (Å²) in [4.78, 5) is 48.1. The van der Waals surface area contributed by atoms with E-state index in [4.69, 9.17) is 16.3 Å². The lowest BCUT2D eigenvalue weighted by atomic mass is 9.91. The number of likely N-dealkylation sites (tertiary alicyclic amines) is 1. The second-order valence-electron chi connectivity index (χ2n) is 15.0. The summed E-state index contributed by atoms with van der Waals surface area (Å²) in [5, 5.41) is 0.958. The Kier molecular flexibility index (Phi) is 11.5. The maximum Gasteiger partial charge on any atom is 0.274 e. The fraction of sp³-hybridized carbons (Fsp3) is 0.538. The van der Waals surface area contributed by atoms with Crippen LogP contribution in [0.5, 0.6) is 5.19 Å². The van der Waals surface area contributed by atoms with Crippen LogP contribution in [0.4, 0.5) is 4.39 Å². The van der Waals surface area contributed by atoms with Gasteiger partial charge in [-0.25, -0.2) is 17.8 Å². The number of aromatic nitrogens is 1. The predicted octanol–water partition coefficient (Wildman–Crippen LogP) is 7.87. The molecular weight excluding hydrogens is 725 g/mol. The van der Waals surface area contributed by atoms with Gasteiger partial charge < -0.3 is 9.64 Å². The second-order valence-corrected chi connectivity index (χ2v) is 18.7. The summed E-state index contributed by atoms with van der Waals surface area (Å²) in [6, 6.07) is 9.11. The third-order valence-corrected chi connectivity index (χ3v) is 14.1. The fourth-order valence-corrected chi connectivity index (χ4v) is 9.68. The van der Waals surface area contributed by atoms with E-state index in [1.165, 1.54) is 28.4 Å². The van der Waals surface area contributed by atoms with Crippen molar-refractivity contribution in [2.24, 2.45) is 11.3 Å². The molecule has 2 heterocycles. The summed E-state index contributed by atoms with van der Waals surface area (Å²) in [7, 11) is -3.92. The first-order valence-electron chi connectivity index (χ1n) is 18.3. The van der Waals surface area contributed by atoms with Crippen molar-refractivity contribution in [2.45, 2.75) is 115 Å². The number of aryl methyl sites for hydroxylation is 2. The van der Waals surface area contributed by atoms with Crippen molar-refractivity contribution in [1.29, 1.82) is 0 Å². The zero-order chi connectivity index (χ0) is 37.3. The molecule has 2 amide bonds. The Hall–Kier alpha value is -3.35. The van der Waals surface area contributed by atoms with Crippen LogP contribution >= 0.6 is 22.9 Å². The number of benzene rings is 2. The smallest absolute Gasteiger partial charge is 0.274 e. The van der Waals surface area contributed by atoms with Crippen LogP contribution in [-0.2, 0) is 30.8 Å². The Bertz CT molecular complexity index is 1960. The van der Waals surface area contributed by atoms with Crippen LogP contribution in [0, 0.1) is 24.1 Å². The number of ketones is 1. The van der Waals surface area contributed by atoms with Crippen LogP contribution < -0.4 is 9.46 Å². The third-order valence-electron chi connectivity index (χ3n) is 10.8. The lowest BCUT2D eigenvalue weighted by Crippen LogP contribution is -2.46. The summed E-state index contributed by atoms with van der Waals surface area (Å²) in [5.41, 5.74) is 0.915. The molecule has 3 fully saturated rings. The van der Waals surface area contributed by atoms with Gasteiger partial charge >= 0.3 is 0 Å². The minimum atomic E-state index is -3.92. The molecule has 1 saturated heterocycles. The largest absolute Gasteiger partial charge is 0.465 e. The number of nitrogens with one attached hydrogen (secondary N) is 1. The highest BCUT2D eigenvalue weighted by Gasteiger charge is 2.62.